The van der Waals surface area contributed by atoms with Gasteiger partial charge in [0.1, 0.15) is 11.6 Å². The zero-order chi connectivity index (χ0) is 25.9. The van der Waals surface area contributed by atoms with Gasteiger partial charge in [0.25, 0.3) is 0 Å². The highest BCUT2D eigenvalue weighted by Crippen LogP contribution is 2.39. The Balaban J connectivity index is 1.49. The third-order valence-corrected chi connectivity index (χ3v) is 7.77. The largest absolute Gasteiger partial charge is 0.292 e. The molecule has 39 heavy (non-hydrogen) atoms. The van der Waals surface area contributed by atoms with Gasteiger partial charge in [0.2, 0.25) is 0 Å². The molecule has 6 heteroatoms. The topological polar surface area (TPSA) is 61.4 Å². The molecular weight excluding hydrogens is 480 g/mol. The van der Waals surface area contributed by atoms with Crippen LogP contribution < -0.4 is 0 Å². The summed E-state index contributed by atoms with van der Waals surface area (Å²) in [7, 11) is 0. The second-order valence-corrected chi connectivity index (χ2v) is 10.1. The van der Waals surface area contributed by atoms with Crippen molar-refractivity contribution in [3.63, 3.8) is 0 Å². The van der Waals surface area contributed by atoms with Gasteiger partial charge in [-0.2, -0.15) is 0 Å². The summed E-state index contributed by atoms with van der Waals surface area (Å²) in [6.07, 6.45) is 13.1. The van der Waals surface area contributed by atoms with Gasteiger partial charge in [-0.15, -0.1) is 0 Å². The molecule has 1 aliphatic carbocycles. The van der Waals surface area contributed by atoms with Crippen molar-refractivity contribution in [3.05, 3.63) is 115 Å². The van der Waals surface area contributed by atoms with Gasteiger partial charge in [-0.3, -0.25) is 19.1 Å². The maximum Gasteiger partial charge on any atom is 0.163 e. The lowest BCUT2D eigenvalue weighted by Gasteiger charge is -2.17. The molecule has 0 fully saturated rings. The minimum atomic E-state index is 0.412. The monoisotopic (exact) mass is 504 g/mol. The number of aromatic nitrogens is 6. The Morgan fingerprint density at radius 3 is 2.18 bits per heavy atom. The van der Waals surface area contributed by atoms with Gasteiger partial charge >= 0.3 is 0 Å². The number of benzene rings is 2. The van der Waals surface area contributed by atoms with E-state index in [2.05, 4.69) is 92.8 Å². The fourth-order valence-electron chi connectivity index (χ4n) is 6.04. The first-order valence-electron chi connectivity index (χ1n) is 13.2. The van der Waals surface area contributed by atoms with E-state index in [1.165, 1.54) is 16.3 Å². The standard InChI is InChI=1S/C33H24N6/c1-21-8-7-13-27-32(21)25-15-17-35-20-29(25)39(27)31-18-30(36-33(37-31)22-9-3-2-4-10-22)38-26-12-6-5-11-23(26)24-14-16-34-19-28(24)38/h2-7,9-21H,8H2,1H3. The number of para-hydroxylation sites is 1. The van der Waals surface area contributed by atoms with Crippen LogP contribution in [0.1, 0.15) is 30.5 Å². The van der Waals surface area contributed by atoms with Crippen LogP contribution in [-0.2, 0) is 0 Å². The van der Waals surface area contributed by atoms with Crippen molar-refractivity contribution in [2.24, 2.45) is 0 Å². The van der Waals surface area contributed by atoms with Crippen molar-refractivity contribution in [3.8, 4) is 23.0 Å². The third-order valence-electron chi connectivity index (χ3n) is 7.77. The number of nitrogens with zero attached hydrogens (tertiary/aromatic N) is 6. The maximum absolute atomic E-state index is 5.16. The lowest BCUT2D eigenvalue weighted by molar-refractivity contribution is 0.771. The van der Waals surface area contributed by atoms with Crippen molar-refractivity contribution in [1.29, 1.82) is 0 Å². The predicted molar refractivity (Wildman–Crippen MR) is 156 cm³/mol. The van der Waals surface area contributed by atoms with E-state index < -0.39 is 0 Å². The fourth-order valence-corrected chi connectivity index (χ4v) is 6.04. The van der Waals surface area contributed by atoms with E-state index in [4.69, 9.17) is 9.97 Å². The molecule has 0 spiro atoms. The normalized spacial score (nSPS) is 14.8. The van der Waals surface area contributed by atoms with Crippen molar-refractivity contribution >= 4 is 38.8 Å². The first kappa shape index (κ1) is 21.9. The average Bonchev–Trinajstić information content (AvgIpc) is 3.51. The number of fused-ring (bicyclic) bond motifs is 6. The summed E-state index contributed by atoms with van der Waals surface area (Å²) in [5.74, 6) is 2.69. The van der Waals surface area contributed by atoms with Crippen molar-refractivity contribution < 1.29 is 0 Å². The molecule has 7 aromatic rings. The Kier molecular flexibility index (Phi) is 4.76. The summed E-state index contributed by atoms with van der Waals surface area (Å²) in [5.41, 5.74) is 6.61. The van der Waals surface area contributed by atoms with Gasteiger partial charge in [-0.1, -0.05) is 61.5 Å². The zero-order valence-corrected chi connectivity index (χ0v) is 21.4. The summed E-state index contributed by atoms with van der Waals surface area (Å²) >= 11 is 0. The highest BCUT2D eigenvalue weighted by molar-refractivity contribution is 6.08. The minimum absolute atomic E-state index is 0.412. The summed E-state index contributed by atoms with van der Waals surface area (Å²) in [5, 5.41) is 3.53. The Bertz CT molecular complexity index is 2010. The van der Waals surface area contributed by atoms with Crippen LogP contribution in [0.5, 0.6) is 0 Å². The maximum atomic E-state index is 5.16. The molecule has 0 radical (unpaired) electrons. The second kappa shape index (κ2) is 8.46. The third kappa shape index (κ3) is 3.28. The van der Waals surface area contributed by atoms with Crippen LogP contribution in [0.4, 0.5) is 0 Å². The molecular formula is C33H24N6. The van der Waals surface area contributed by atoms with Crippen molar-refractivity contribution in [2.75, 3.05) is 0 Å². The van der Waals surface area contributed by atoms with Gasteiger partial charge in [-0.25, -0.2) is 9.97 Å². The number of rotatable bonds is 3. The molecule has 2 aromatic carbocycles. The molecule has 5 aromatic heterocycles. The van der Waals surface area contributed by atoms with Gasteiger partial charge < -0.3 is 0 Å². The van der Waals surface area contributed by atoms with Crippen LogP contribution in [0.25, 0.3) is 61.8 Å². The molecule has 6 nitrogen and oxygen atoms in total. The summed E-state index contributed by atoms with van der Waals surface area (Å²) < 4.78 is 4.44. The predicted octanol–water partition coefficient (Wildman–Crippen LogP) is 7.50. The molecule has 1 atom stereocenters. The van der Waals surface area contributed by atoms with Gasteiger partial charge in [0.05, 0.1) is 34.6 Å². The van der Waals surface area contributed by atoms with Crippen LogP contribution in [-0.4, -0.2) is 29.1 Å². The summed E-state index contributed by atoms with van der Waals surface area (Å²) in [4.78, 5) is 19.3. The minimum Gasteiger partial charge on any atom is -0.292 e. The molecule has 0 saturated carbocycles. The number of hydrogen-bond acceptors (Lipinski definition) is 4. The Morgan fingerprint density at radius 1 is 0.692 bits per heavy atom. The molecule has 1 unspecified atom stereocenters. The zero-order valence-electron chi connectivity index (χ0n) is 21.4. The molecule has 186 valence electrons. The lowest BCUT2D eigenvalue weighted by Crippen LogP contribution is -2.08. The van der Waals surface area contributed by atoms with Crippen LogP contribution in [0, 0.1) is 0 Å². The van der Waals surface area contributed by atoms with E-state index in [-0.39, 0.29) is 0 Å². The SMILES string of the molecule is CC1CC=Cc2c1c1ccncc1n2-c1cc(-n2c3ccccc3c3ccncc32)nc(-c2ccccc2)n1. The molecule has 1 aliphatic rings. The molecule has 8 rings (SSSR count). The van der Waals surface area contributed by atoms with E-state index in [1.54, 1.807) is 0 Å². The van der Waals surface area contributed by atoms with Gasteiger partial charge in [-0.05, 0) is 42.2 Å². The van der Waals surface area contributed by atoms with Crippen molar-refractivity contribution in [1.82, 2.24) is 29.1 Å². The molecule has 0 bridgehead atoms. The van der Waals surface area contributed by atoms with E-state index in [0.29, 0.717) is 11.7 Å². The molecule has 0 saturated heterocycles. The van der Waals surface area contributed by atoms with Crippen LogP contribution in [0.15, 0.2) is 104 Å². The van der Waals surface area contributed by atoms with E-state index in [9.17, 15) is 0 Å². The Labute approximate surface area is 224 Å². The molecule has 5 heterocycles. The number of hydrogen-bond donors (Lipinski definition) is 0. The lowest BCUT2D eigenvalue weighted by atomic mass is 9.91. The first-order chi connectivity index (χ1) is 19.3. The Morgan fingerprint density at radius 2 is 1.36 bits per heavy atom. The van der Waals surface area contributed by atoms with E-state index in [1.807, 2.05) is 43.0 Å². The fraction of sp³-hybridized carbons (Fsp3) is 0.0909. The van der Waals surface area contributed by atoms with E-state index >= 15 is 0 Å². The highest BCUT2D eigenvalue weighted by Gasteiger charge is 2.25. The van der Waals surface area contributed by atoms with Gasteiger partial charge in [0.15, 0.2) is 5.82 Å². The quantitative estimate of drug-likeness (QED) is 0.250. The molecule has 0 N–H and O–H groups in total. The van der Waals surface area contributed by atoms with Crippen LogP contribution in [0.3, 0.4) is 0 Å². The molecule has 0 amide bonds. The summed E-state index contributed by atoms with van der Waals surface area (Å²) in [6, 6.07) is 24.9. The number of allylic oxidation sites excluding steroid dienone is 1. The van der Waals surface area contributed by atoms with Gasteiger partial charge in [0, 0.05) is 40.2 Å². The molecule has 0 aliphatic heterocycles. The van der Waals surface area contributed by atoms with Crippen LogP contribution in [0.2, 0.25) is 0 Å². The smallest absolute Gasteiger partial charge is 0.163 e. The Hall–Kier alpha value is -5.10. The first-order valence-corrected chi connectivity index (χ1v) is 13.2. The van der Waals surface area contributed by atoms with Crippen molar-refractivity contribution in [2.45, 2.75) is 19.3 Å². The highest BCUT2D eigenvalue weighted by atomic mass is 15.2. The van der Waals surface area contributed by atoms with Crippen LogP contribution >= 0.6 is 0 Å². The summed E-state index contributed by atoms with van der Waals surface area (Å²) in [6.45, 7) is 2.29. The van der Waals surface area contributed by atoms with E-state index in [0.717, 1.165) is 51.3 Å². The second-order valence-electron chi connectivity index (χ2n) is 10.1. The average molecular weight is 505 g/mol. The number of pyridine rings is 2.